The molecule has 4 rings (SSSR count). The third-order valence-corrected chi connectivity index (χ3v) is 6.48. The molecule has 0 aromatic rings. The topological polar surface area (TPSA) is 78.9 Å². The van der Waals surface area contributed by atoms with Crippen molar-refractivity contribution in [3.63, 3.8) is 0 Å². The van der Waals surface area contributed by atoms with Crippen molar-refractivity contribution < 1.29 is 19.4 Å². The van der Waals surface area contributed by atoms with Gasteiger partial charge in [-0.15, -0.1) is 0 Å². The van der Waals surface area contributed by atoms with Crippen molar-refractivity contribution in [2.75, 3.05) is 13.1 Å². The molecular weight excluding hydrogens is 308 g/mol. The van der Waals surface area contributed by atoms with E-state index < -0.39 is 5.97 Å². The fraction of sp³-hybridized carbons (Fsp3) is 0.889. The molecule has 24 heavy (non-hydrogen) atoms. The number of nitrogens with zero attached hydrogens (tertiary/aromatic N) is 1. The molecule has 2 heterocycles. The van der Waals surface area contributed by atoms with Gasteiger partial charge in [0.05, 0.1) is 24.2 Å². The van der Waals surface area contributed by atoms with E-state index in [9.17, 15) is 9.59 Å². The number of carboxylic acid groups (broad SMARTS) is 1. The number of rotatable bonds is 7. The molecule has 2 saturated carbocycles. The molecule has 0 spiro atoms. The Morgan fingerprint density at radius 1 is 1.25 bits per heavy atom. The normalized spacial score (nSPS) is 40.6. The zero-order chi connectivity index (χ0) is 16.9. The molecule has 4 aliphatic rings. The fourth-order valence-electron chi connectivity index (χ4n) is 4.67. The third kappa shape index (κ3) is 3.06. The Labute approximate surface area is 142 Å². The van der Waals surface area contributed by atoms with Gasteiger partial charge in [0.1, 0.15) is 0 Å². The van der Waals surface area contributed by atoms with Crippen molar-refractivity contribution in [3.8, 4) is 0 Å². The maximum Gasteiger partial charge on any atom is 0.317 e. The number of carbonyl (C=O) groups excluding carboxylic acids is 1. The van der Waals surface area contributed by atoms with Crippen LogP contribution in [0.2, 0.25) is 0 Å². The first kappa shape index (κ1) is 16.3. The molecule has 0 radical (unpaired) electrons. The number of hydrogen-bond acceptors (Lipinski definition) is 4. The van der Waals surface area contributed by atoms with Crippen molar-refractivity contribution in [1.82, 2.24) is 10.2 Å². The van der Waals surface area contributed by atoms with Crippen LogP contribution in [0.4, 0.5) is 0 Å². The van der Waals surface area contributed by atoms with Crippen molar-refractivity contribution >= 4 is 11.9 Å². The molecule has 134 valence electrons. The van der Waals surface area contributed by atoms with Crippen LogP contribution in [-0.4, -0.2) is 59.3 Å². The van der Waals surface area contributed by atoms with Crippen LogP contribution in [0, 0.1) is 11.3 Å². The molecule has 2 aliphatic heterocycles. The van der Waals surface area contributed by atoms with E-state index in [1.54, 1.807) is 0 Å². The lowest BCUT2D eigenvalue weighted by Gasteiger charge is -2.44. The molecule has 0 aromatic heterocycles. The van der Waals surface area contributed by atoms with E-state index in [4.69, 9.17) is 9.84 Å². The first-order valence-corrected chi connectivity index (χ1v) is 9.36. The van der Waals surface area contributed by atoms with Gasteiger partial charge in [-0.25, -0.2) is 0 Å². The van der Waals surface area contributed by atoms with E-state index in [1.807, 2.05) is 6.92 Å². The summed E-state index contributed by atoms with van der Waals surface area (Å²) in [4.78, 5) is 25.9. The van der Waals surface area contributed by atoms with Crippen LogP contribution < -0.4 is 5.32 Å². The monoisotopic (exact) mass is 336 g/mol. The molecule has 2 bridgehead atoms. The minimum Gasteiger partial charge on any atom is -0.480 e. The van der Waals surface area contributed by atoms with Gasteiger partial charge in [0.2, 0.25) is 5.91 Å². The molecule has 0 aromatic carbocycles. The highest BCUT2D eigenvalue weighted by molar-refractivity contribution is 5.84. The standard InChI is InChI=1S/C18H28N2O4/c1-18(8-14-4-5-15(18)24-14)17(23)19-12-6-13(7-12)20(10-16(21)22)9-11-2-3-11/h11-15H,2-10H2,1H3,(H,19,23)(H,21,22). The number of aliphatic carboxylic acids is 1. The van der Waals surface area contributed by atoms with Gasteiger partial charge in [-0.1, -0.05) is 0 Å². The van der Waals surface area contributed by atoms with Crippen LogP contribution in [-0.2, 0) is 14.3 Å². The Bertz CT molecular complexity index is 529. The Morgan fingerprint density at radius 2 is 2.00 bits per heavy atom. The van der Waals surface area contributed by atoms with Gasteiger partial charge in [-0.05, 0) is 57.8 Å². The highest BCUT2D eigenvalue weighted by atomic mass is 16.5. The largest absolute Gasteiger partial charge is 0.480 e. The first-order valence-electron chi connectivity index (χ1n) is 9.36. The van der Waals surface area contributed by atoms with Crippen molar-refractivity contribution in [1.29, 1.82) is 0 Å². The summed E-state index contributed by atoms with van der Waals surface area (Å²) in [6.45, 7) is 3.05. The number of fused-ring (bicyclic) bond motifs is 2. The molecule has 3 unspecified atom stereocenters. The number of nitrogens with one attached hydrogen (secondary N) is 1. The van der Waals surface area contributed by atoms with Gasteiger partial charge in [0, 0.05) is 18.6 Å². The average molecular weight is 336 g/mol. The third-order valence-electron chi connectivity index (χ3n) is 6.48. The van der Waals surface area contributed by atoms with Crippen LogP contribution >= 0.6 is 0 Å². The molecule has 6 nitrogen and oxygen atoms in total. The Morgan fingerprint density at radius 3 is 2.54 bits per heavy atom. The smallest absolute Gasteiger partial charge is 0.317 e. The predicted octanol–water partition coefficient (Wildman–Crippen LogP) is 1.39. The number of carboxylic acids is 1. The number of ether oxygens (including phenoxy) is 1. The van der Waals surface area contributed by atoms with Crippen LogP contribution in [0.1, 0.15) is 51.9 Å². The molecule has 2 aliphatic carbocycles. The van der Waals surface area contributed by atoms with E-state index in [2.05, 4.69) is 10.2 Å². The average Bonchev–Trinajstić information content (AvgIpc) is 3.06. The summed E-state index contributed by atoms with van der Waals surface area (Å²) in [5.41, 5.74) is -0.372. The van der Waals surface area contributed by atoms with Gasteiger partial charge >= 0.3 is 5.97 Å². The molecular formula is C18H28N2O4. The molecule has 2 N–H and O–H groups in total. The highest BCUT2D eigenvalue weighted by Gasteiger charge is 2.54. The Hall–Kier alpha value is -1.14. The first-order chi connectivity index (χ1) is 11.4. The summed E-state index contributed by atoms with van der Waals surface area (Å²) in [7, 11) is 0. The maximum absolute atomic E-state index is 12.7. The van der Waals surface area contributed by atoms with Gasteiger partial charge in [-0.3, -0.25) is 14.5 Å². The van der Waals surface area contributed by atoms with Crippen molar-refractivity contribution in [3.05, 3.63) is 0 Å². The Balaban J connectivity index is 1.27. The minimum atomic E-state index is -0.755. The van der Waals surface area contributed by atoms with Crippen LogP contribution in [0.25, 0.3) is 0 Å². The number of amides is 1. The summed E-state index contributed by atoms with van der Waals surface area (Å²) in [5, 5.41) is 12.3. The lowest BCUT2D eigenvalue weighted by atomic mass is 9.74. The summed E-state index contributed by atoms with van der Waals surface area (Å²) >= 11 is 0. The quantitative estimate of drug-likeness (QED) is 0.734. The molecule has 3 atom stereocenters. The zero-order valence-corrected chi connectivity index (χ0v) is 14.4. The molecule has 4 fully saturated rings. The van der Waals surface area contributed by atoms with Crippen molar-refractivity contribution in [2.24, 2.45) is 11.3 Å². The Kier molecular flexibility index (Phi) is 4.07. The predicted molar refractivity (Wildman–Crippen MR) is 87.5 cm³/mol. The molecule has 1 amide bonds. The molecule has 6 heteroatoms. The number of hydrogen-bond donors (Lipinski definition) is 2. The lowest BCUT2D eigenvalue weighted by molar-refractivity contribution is -0.141. The summed E-state index contributed by atoms with van der Waals surface area (Å²) in [5.74, 6) is 0.0583. The van der Waals surface area contributed by atoms with Crippen LogP contribution in [0.3, 0.4) is 0 Å². The van der Waals surface area contributed by atoms with E-state index in [0.717, 1.165) is 38.6 Å². The maximum atomic E-state index is 12.7. The zero-order valence-electron chi connectivity index (χ0n) is 14.4. The van der Waals surface area contributed by atoms with E-state index >= 15 is 0 Å². The molecule has 2 saturated heterocycles. The summed E-state index contributed by atoms with van der Waals surface area (Å²) < 4.78 is 5.86. The second-order valence-corrected chi connectivity index (χ2v) is 8.51. The second-order valence-electron chi connectivity index (χ2n) is 8.51. The van der Waals surface area contributed by atoms with Gasteiger partial charge in [-0.2, -0.15) is 0 Å². The number of carbonyl (C=O) groups is 2. The highest BCUT2D eigenvalue weighted by Crippen LogP contribution is 2.48. The summed E-state index contributed by atoms with van der Waals surface area (Å²) in [6.07, 6.45) is 7.47. The van der Waals surface area contributed by atoms with Gasteiger partial charge < -0.3 is 15.2 Å². The van der Waals surface area contributed by atoms with Gasteiger partial charge in [0.25, 0.3) is 0 Å². The van der Waals surface area contributed by atoms with E-state index in [1.165, 1.54) is 12.8 Å². The van der Waals surface area contributed by atoms with Crippen LogP contribution in [0.5, 0.6) is 0 Å². The van der Waals surface area contributed by atoms with E-state index in [-0.39, 0.29) is 36.1 Å². The fourth-order valence-corrected chi connectivity index (χ4v) is 4.67. The minimum absolute atomic E-state index is 0.0803. The van der Waals surface area contributed by atoms with Crippen molar-refractivity contribution in [2.45, 2.75) is 76.2 Å². The lowest BCUT2D eigenvalue weighted by Crippen LogP contribution is -2.58. The summed E-state index contributed by atoms with van der Waals surface area (Å²) in [6, 6.07) is 0.491. The second kappa shape index (κ2) is 5.99. The SMILES string of the molecule is CC1(C(=O)NC2CC(N(CC(=O)O)CC3CC3)C2)CC2CCC1O2. The van der Waals surface area contributed by atoms with Crippen LogP contribution in [0.15, 0.2) is 0 Å². The van der Waals surface area contributed by atoms with Gasteiger partial charge in [0.15, 0.2) is 0 Å². The van der Waals surface area contributed by atoms with E-state index in [0.29, 0.717) is 12.0 Å².